The number of hydrogen-bond acceptors (Lipinski definition) is 2. The second-order valence-corrected chi connectivity index (χ2v) is 6.35. The van der Waals surface area contributed by atoms with E-state index in [9.17, 15) is 4.79 Å². The molecule has 0 unspecified atom stereocenters. The minimum Gasteiger partial charge on any atom is -0.335 e. The minimum absolute atomic E-state index is 0.114. The highest BCUT2D eigenvalue weighted by Gasteiger charge is 2.24. The monoisotopic (exact) mass is 319 g/mol. The second-order valence-electron chi connectivity index (χ2n) is 6.35. The molecule has 3 aromatic rings. The van der Waals surface area contributed by atoms with Gasteiger partial charge in [-0.3, -0.25) is 4.79 Å². The van der Waals surface area contributed by atoms with Crippen LogP contribution in [0, 0.1) is 0 Å². The Morgan fingerprint density at radius 2 is 1.54 bits per heavy atom. The molecule has 122 valence electrons. The molecular formula is C20H21N3O. The lowest BCUT2D eigenvalue weighted by Gasteiger charge is -2.32. The van der Waals surface area contributed by atoms with Gasteiger partial charge in [-0.05, 0) is 31.3 Å². The van der Waals surface area contributed by atoms with Crippen LogP contribution in [0.25, 0.3) is 16.6 Å². The van der Waals surface area contributed by atoms with Gasteiger partial charge in [0.2, 0.25) is 0 Å². The number of likely N-dealkylation sites (N-methyl/N-ethyl adjacent to an activating group) is 1. The highest BCUT2D eigenvalue weighted by Crippen LogP contribution is 2.25. The van der Waals surface area contributed by atoms with Crippen LogP contribution in [0.1, 0.15) is 10.5 Å². The fourth-order valence-corrected chi connectivity index (χ4v) is 3.34. The number of amides is 1. The van der Waals surface area contributed by atoms with E-state index in [0.29, 0.717) is 0 Å². The predicted octanol–water partition coefficient (Wildman–Crippen LogP) is 3.02. The molecule has 0 radical (unpaired) electrons. The Morgan fingerprint density at radius 1 is 0.875 bits per heavy atom. The van der Waals surface area contributed by atoms with Crippen LogP contribution in [0.3, 0.4) is 0 Å². The van der Waals surface area contributed by atoms with Crippen molar-refractivity contribution < 1.29 is 4.79 Å². The van der Waals surface area contributed by atoms with Crippen LogP contribution in [-0.2, 0) is 0 Å². The molecule has 0 bridgehead atoms. The second kappa shape index (κ2) is 6.13. The Bertz CT molecular complexity index is 861. The third-order valence-corrected chi connectivity index (χ3v) is 4.73. The molecule has 0 N–H and O–H groups in total. The van der Waals surface area contributed by atoms with E-state index in [0.717, 1.165) is 48.5 Å². The summed E-state index contributed by atoms with van der Waals surface area (Å²) in [6.07, 6.45) is 0. The van der Waals surface area contributed by atoms with Gasteiger partial charge in [-0.1, -0.05) is 36.4 Å². The zero-order valence-corrected chi connectivity index (χ0v) is 13.9. The summed E-state index contributed by atoms with van der Waals surface area (Å²) in [5, 5.41) is 1.10. The Hall–Kier alpha value is -2.59. The average Bonchev–Trinajstić information content (AvgIpc) is 3.02. The zero-order valence-electron chi connectivity index (χ0n) is 13.9. The minimum atomic E-state index is 0.114. The molecule has 1 saturated heterocycles. The third-order valence-electron chi connectivity index (χ3n) is 4.73. The molecular weight excluding hydrogens is 298 g/mol. The molecule has 2 aromatic carbocycles. The van der Waals surface area contributed by atoms with Gasteiger partial charge in [0.1, 0.15) is 5.69 Å². The number of carbonyl (C=O) groups excluding carboxylic acids is 1. The van der Waals surface area contributed by atoms with Gasteiger partial charge in [-0.15, -0.1) is 0 Å². The van der Waals surface area contributed by atoms with Gasteiger partial charge in [-0.2, -0.15) is 0 Å². The highest BCUT2D eigenvalue weighted by atomic mass is 16.2. The van der Waals surface area contributed by atoms with Crippen molar-refractivity contribution in [3.8, 4) is 5.69 Å². The average molecular weight is 319 g/mol. The number of benzene rings is 2. The van der Waals surface area contributed by atoms with Crippen LogP contribution in [0.2, 0.25) is 0 Å². The number of piperazine rings is 1. The van der Waals surface area contributed by atoms with Crippen LogP contribution >= 0.6 is 0 Å². The van der Waals surface area contributed by atoms with E-state index in [4.69, 9.17) is 0 Å². The summed E-state index contributed by atoms with van der Waals surface area (Å²) in [6, 6.07) is 20.3. The third kappa shape index (κ3) is 2.59. The van der Waals surface area contributed by atoms with Crippen molar-refractivity contribution in [1.82, 2.24) is 14.4 Å². The van der Waals surface area contributed by atoms with Crippen molar-refractivity contribution in [3.63, 3.8) is 0 Å². The quantitative estimate of drug-likeness (QED) is 0.726. The molecule has 0 saturated carbocycles. The number of aromatic nitrogens is 1. The Kier molecular flexibility index (Phi) is 3.82. The summed E-state index contributed by atoms with van der Waals surface area (Å²) in [4.78, 5) is 17.4. The van der Waals surface area contributed by atoms with Crippen molar-refractivity contribution >= 4 is 16.8 Å². The maximum Gasteiger partial charge on any atom is 0.270 e. The lowest BCUT2D eigenvalue weighted by molar-refractivity contribution is 0.0656. The summed E-state index contributed by atoms with van der Waals surface area (Å²) >= 11 is 0. The molecule has 0 aliphatic carbocycles. The van der Waals surface area contributed by atoms with Gasteiger partial charge < -0.3 is 14.4 Å². The number of nitrogens with zero attached hydrogens (tertiary/aromatic N) is 3. The van der Waals surface area contributed by atoms with Gasteiger partial charge in [0, 0.05) is 37.3 Å². The van der Waals surface area contributed by atoms with E-state index in [-0.39, 0.29) is 5.91 Å². The maximum atomic E-state index is 13.2. The van der Waals surface area contributed by atoms with E-state index < -0.39 is 0 Å². The molecule has 4 rings (SSSR count). The zero-order chi connectivity index (χ0) is 16.5. The van der Waals surface area contributed by atoms with E-state index in [1.165, 1.54) is 0 Å². The first-order chi connectivity index (χ1) is 11.7. The molecule has 1 amide bonds. The van der Waals surface area contributed by atoms with Crippen molar-refractivity contribution in [3.05, 3.63) is 66.4 Å². The normalized spacial score (nSPS) is 15.8. The first kappa shape index (κ1) is 15.0. The summed E-state index contributed by atoms with van der Waals surface area (Å²) in [6.45, 7) is 3.42. The Morgan fingerprint density at radius 3 is 2.29 bits per heavy atom. The number of para-hydroxylation sites is 2. The lowest BCUT2D eigenvalue weighted by Crippen LogP contribution is -2.47. The SMILES string of the molecule is CN1CCN(C(=O)c2cc3ccccc3n2-c2ccccc2)CC1. The number of hydrogen-bond donors (Lipinski definition) is 0. The van der Waals surface area contributed by atoms with Crippen molar-refractivity contribution in [2.45, 2.75) is 0 Å². The van der Waals surface area contributed by atoms with Crippen LogP contribution in [-0.4, -0.2) is 53.5 Å². The maximum absolute atomic E-state index is 13.2. The molecule has 0 atom stereocenters. The molecule has 4 heteroatoms. The standard InChI is InChI=1S/C20H21N3O/c1-21-11-13-22(14-12-21)20(24)19-15-16-7-5-6-10-18(16)23(19)17-8-3-2-4-9-17/h2-10,15H,11-14H2,1H3. The fraction of sp³-hybridized carbons (Fsp3) is 0.250. The highest BCUT2D eigenvalue weighted by molar-refractivity contribution is 6.00. The fourth-order valence-electron chi connectivity index (χ4n) is 3.34. The summed E-state index contributed by atoms with van der Waals surface area (Å²) < 4.78 is 2.08. The van der Waals surface area contributed by atoms with Crippen LogP contribution in [0.15, 0.2) is 60.7 Å². The molecule has 1 aromatic heterocycles. The van der Waals surface area contributed by atoms with Gasteiger partial charge in [-0.25, -0.2) is 0 Å². The van der Waals surface area contributed by atoms with E-state index >= 15 is 0 Å². The molecule has 1 aliphatic rings. The smallest absolute Gasteiger partial charge is 0.270 e. The Balaban J connectivity index is 1.81. The largest absolute Gasteiger partial charge is 0.335 e. The lowest BCUT2D eigenvalue weighted by atomic mass is 10.2. The molecule has 0 spiro atoms. The van der Waals surface area contributed by atoms with E-state index in [1.54, 1.807) is 0 Å². The van der Waals surface area contributed by atoms with Crippen LogP contribution in [0.5, 0.6) is 0 Å². The number of carbonyl (C=O) groups is 1. The van der Waals surface area contributed by atoms with Gasteiger partial charge >= 0.3 is 0 Å². The van der Waals surface area contributed by atoms with Gasteiger partial charge in [0.05, 0.1) is 5.52 Å². The predicted molar refractivity (Wildman–Crippen MR) is 96.7 cm³/mol. The van der Waals surface area contributed by atoms with Crippen LogP contribution < -0.4 is 0 Å². The van der Waals surface area contributed by atoms with Crippen molar-refractivity contribution in [2.24, 2.45) is 0 Å². The van der Waals surface area contributed by atoms with E-state index in [1.807, 2.05) is 53.4 Å². The molecule has 1 fully saturated rings. The topological polar surface area (TPSA) is 28.5 Å². The van der Waals surface area contributed by atoms with E-state index in [2.05, 4.69) is 28.6 Å². The molecule has 2 heterocycles. The van der Waals surface area contributed by atoms with Gasteiger partial charge in [0.15, 0.2) is 0 Å². The molecule has 24 heavy (non-hydrogen) atoms. The molecule has 1 aliphatic heterocycles. The summed E-state index contributed by atoms with van der Waals surface area (Å²) in [5.74, 6) is 0.114. The Labute approximate surface area is 141 Å². The summed E-state index contributed by atoms with van der Waals surface area (Å²) in [7, 11) is 2.10. The molecule has 4 nitrogen and oxygen atoms in total. The first-order valence-corrected chi connectivity index (χ1v) is 8.38. The van der Waals surface area contributed by atoms with Gasteiger partial charge in [0.25, 0.3) is 5.91 Å². The first-order valence-electron chi connectivity index (χ1n) is 8.38. The van der Waals surface area contributed by atoms with Crippen molar-refractivity contribution in [2.75, 3.05) is 33.2 Å². The van der Waals surface area contributed by atoms with Crippen LogP contribution in [0.4, 0.5) is 0 Å². The number of fused-ring (bicyclic) bond motifs is 1. The number of rotatable bonds is 2. The van der Waals surface area contributed by atoms with Crippen molar-refractivity contribution in [1.29, 1.82) is 0 Å². The summed E-state index contributed by atoms with van der Waals surface area (Å²) in [5.41, 5.74) is 2.84.